The highest BCUT2D eigenvalue weighted by molar-refractivity contribution is 5.99. The predicted molar refractivity (Wildman–Crippen MR) is 132 cm³/mol. The summed E-state index contributed by atoms with van der Waals surface area (Å²) in [6.45, 7) is 0.145. The number of amides is 2. The molecule has 1 aliphatic heterocycles. The number of ether oxygens (including phenoxy) is 3. The number of fused-ring (bicyclic) bond motifs is 2. The van der Waals surface area contributed by atoms with Crippen LogP contribution in [0.3, 0.4) is 0 Å². The van der Waals surface area contributed by atoms with E-state index in [1.54, 1.807) is 56.6 Å². The van der Waals surface area contributed by atoms with Gasteiger partial charge in [0.05, 0.1) is 13.5 Å². The first-order chi connectivity index (χ1) is 17.0. The van der Waals surface area contributed by atoms with Gasteiger partial charge in [-0.3, -0.25) is 9.59 Å². The van der Waals surface area contributed by atoms with E-state index in [1.165, 1.54) is 4.90 Å². The van der Waals surface area contributed by atoms with Gasteiger partial charge in [0.1, 0.15) is 11.8 Å². The number of anilines is 1. The molecule has 4 aromatic rings. The van der Waals surface area contributed by atoms with Gasteiger partial charge in [0.25, 0.3) is 5.91 Å². The third kappa shape index (κ3) is 4.50. The van der Waals surface area contributed by atoms with Crippen LogP contribution in [0.4, 0.5) is 5.69 Å². The molecule has 2 amide bonds. The zero-order chi connectivity index (χ0) is 24.4. The van der Waals surface area contributed by atoms with Gasteiger partial charge in [-0.05, 0) is 41.5 Å². The Balaban J connectivity index is 1.41. The van der Waals surface area contributed by atoms with Crippen LogP contribution in [0, 0.1) is 0 Å². The minimum absolute atomic E-state index is 0.145. The molecular formula is C27H25N3O5. The van der Waals surface area contributed by atoms with E-state index >= 15 is 0 Å². The summed E-state index contributed by atoms with van der Waals surface area (Å²) in [4.78, 5) is 31.6. The van der Waals surface area contributed by atoms with Crippen molar-refractivity contribution in [2.75, 3.05) is 26.3 Å². The number of para-hydroxylation sites is 1. The van der Waals surface area contributed by atoms with E-state index in [4.69, 9.17) is 14.2 Å². The van der Waals surface area contributed by atoms with Gasteiger partial charge in [0, 0.05) is 35.9 Å². The lowest BCUT2D eigenvalue weighted by molar-refractivity contribution is -0.136. The number of nitrogens with zero attached hydrogens (tertiary/aromatic N) is 1. The Morgan fingerprint density at radius 1 is 1.06 bits per heavy atom. The zero-order valence-electron chi connectivity index (χ0n) is 19.4. The number of benzene rings is 3. The number of hydrogen-bond acceptors (Lipinski definition) is 5. The number of likely N-dealkylation sites (N-methyl/N-ethyl adjacent to an activating group) is 1. The van der Waals surface area contributed by atoms with Crippen molar-refractivity contribution in [3.05, 3.63) is 84.1 Å². The Morgan fingerprint density at radius 3 is 2.63 bits per heavy atom. The molecule has 0 aliphatic carbocycles. The van der Waals surface area contributed by atoms with Crippen LogP contribution in [0.15, 0.2) is 72.9 Å². The van der Waals surface area contributed by atoms with E-state index in [-0.39, 0.29) is 25.0 Å². The third-order valence-corrected chi connectivity index (χ3v) is 6.12. The summed E-state index contributed by atoms with van der Waals surface area (Å²) in [6.07, 6.45) is 2.00. The fourth-order valence-corrected chi connectivity index (χ4v) is 4.23. The summed E-state index contributed by atoms with van der Waals surface area (Å²) >= 11 is 0. The Bertz CT molecular complexity index is 1380. The second-order valence-corrected chi connectivity index (χ2v) is 8.27. The average molecular weight is 472 g/mol. The first kappa shape index (κ1) is 22.3. The van der Waals surface area contributed by atoms with Crippen LogP contribution in [-0.4, -0.2) is 42.6 Å². The molecule has 2 N–H and O–H groups in total. The second-order valence-electron chi connectivity index (χ2n) is 8.27. The highest BCUT2D eigenvalue weighted by atomic mass is 16.7. The molecule has 0 saturated carbocycles. The first-order valence-electron chi connectivity index (χ1n) is 11.2. The summed E-state index contributed by atoms with van der Waals surface area (Å²) in [5.41, 5.74) is 3.06. The lowest BCUT2D eigenvalue weighted by atomic mass is 10.0. The maximum Gasteiger partial charge on any atom is 0.251 e. The van der Waals surface area contributed by atoms with Crippen LogP contribution >= 0.6 is 0 Å². The van der Waals surface area contributed by atoms with Crippen LogP contribution in [0.2, 0.25) is 0 Å². The van der Waals surface area contributed by atoms with Gasteiger partial charge in [-0.25, -0.2) is 0 Å². The van der Waals surface area contributed by atoms with E-state index in [0.717, 1.165) is 16.5 Å². The predicted octanol–water partition coefficient (Wildman–Crippen LogP) is 4.29. The van der Waals surface area contributed by atoms with Gasteiger partial charge in [-0.1, -0.05) is 30.3 Å². The first-order valence-corrected chi connectivity index (χ1v) is 11.2. The molecule has 3 aromatic carbocycles. The van der Waals surface area contributed by atoms with Crippen molar-refractivity contribution in [2.45, 2.75) is 12.5 Å². The SMILES string of the molecule is COc1ccc([C@@H](C(=O)Nc2ccc3c(c2)OCO3)N(C)C(=O)Cc2c[nH]c3ccccc23)cc1. The molecular weight excluding hydrogens is 446 g/mol. The molecule has 178 valence electrons. The standard InChI is InChI=1S/C27H25N3O5/c1-30(25(31)13-18-15-28-22-6-4-3-5-21(18)22)26(17-7-10-20(33-2)11-8-17)27(32)29-19-9-12-23-24(14-19)35-16-34-23/h3-12,14-15,26,28H,13,16H2,1-2H3,(H,29,32)/t26-/m0/s1. The van der Waals surface area contributed by atoms with Crippen molar-refractivity contribution < 1.29 is 23.8 Å². The van der Waals surface area contributed by atoms with Gasteiger partial charge in [0.15, 0.2) is 11.5 Å². The van der Waals surface area contributed by atoms with Crippen molar-refractivity contribution in [3.8, 4) is 17.2 Å². The van der Waals surface area contributed by atoms with Gasteiger partial charge in [-0.2, -0.15) is 0 Å². The van der Waals surface area contributed by atoms with Crippen LogP contribution in [-0.2, 0) is 16.0 Å². The molecule has 1 aromatic heterocycles. The maximum atomic E-state index is 13.5. The lowest BCUT2D eigenvalue weighted by Crippen LogP contribution is -2.39. The van der Waals surface area contributed by atoms with Gasteiger partial charge in [0.2, 0.25) is 12.7 Å². The van der Waals surface area contributed by atoms with E-state index < -0.39 is 6.04 Å². The number of nitrogens with one attached hydrogen (secondary N) is 2. The van der Waals surface area contributed by atoms with Crippen molar-refractivity contribution >= 4 is 28.4 Å². The van der Waals surface area contributed by atoms with Crippen LogP contribution in [0.1, 0.15) is 17.2 Å². The van der Waals surface area contributed by atoms with Crippen molar-refractivity contribution in [1.29, 1.82) is 0 Å². The number of hydrogen-bond donors (Lipinski definition) is 2. The van der Waals surface area contributed by atoms with E-state index in [2.05, 4.69) is 10.3 Å². The molecule has 0 bridgehead atoms. The summed E-state index contributed by atoms with van der Waals surface area (Å²) in [5.74, 6) is 1.32. The minimum Gasteiger partial charge on any atom is -0.497 e. The fraction of sp³-hybridized carbons (Fsp3) is 0.185. The summed E-state index contributed by atoms with van der Waals surface area (Å²) in [5, 5.41) is 3.90. The molecule has 0 unspecified atom stereocenters. The van der Waals surface area contributed by atoms with Crippen LogP contribution in [0.25, 0.3) is 10.9 Å². The number of rotatable bonds is 7. The number of H-pyrrole nitrogens is 1. The fourth-order valence-electron chi connectivity index (χ4n) is 4.23. The summed E-state index contributed by atoms with van der Waals surface area (Å²) in [7, 11) is 3.22. The second kappa shape index (κ2) is 9.42. The number of carbonyl (C=O) groups is 2. The van der Waals surface area contributed by atoms with E-state index in [9.17, 15) is 9.59 Å². The largest absolute Gasteiger partial charge is 0.497 e. The van der Waals surface area contributed by atoms with Crippen LogP contribution < -0.4 is 19.5 Å². The topological polar surface area (TPSA) is 92.9 Å². The van der Waals surface area contributed by atoms with Gasteiger partial charge in [-0.15, -0.1) is 0 Å². The molecule has 35 heavy (non-hydrogen) atoms. The number of aromatic nitrogens is 1. The van der Waals surface area contributed by atoms with Gasteiger partial charge < -0.3 is 29.4 Å². The molecule has 5 rings (SSSR count). The summed E-state index contributed by atoms with van der Waals surface area (Å²) < 4.78 is 16.0. The molecule has 8 heteroatoms. The quantitative estimate of drug-likeness (QED) is 0.420. The Kier molecular flexibility index (Phi) is 6.01. The molecule has 0 fully saturated rings. The molecule has 8 nitrogen and oxygen atoms in total. The van der Waals surface area contributed by atoms with Crippen LogP contribution in [0.5, 0.6) is 17.2 Å². The molecule has 0 spiro atoms. The molecule has 1 aliphatic rings. The zero-order valence-corrected chi connectivity index (χ0v) is 19.4. The van der Waals surface area contributed by atoms with Crippen molar-refractivity contribution in [3.63, 3.8) is 0 Å². The monoisotopic (exact) mass is 471 g/mol. The third-order valence-electron chi connectivity index (χ3n) is 6.12. The minimum atomic E-state index is -0.857. The van der Waals surface area contributed by atoms with Crippen molar-refractivity contribution in [2.24, 2.45) is 0 Å². The average Bonchev–Trinajstić information content (AvgIpc) is 3.51. The van der Waals surface area contributed by atoms with Gasteiger partial charge >= 0.3 is 0 Å². The molecule has 0 saturated heterocycles. The lowest BCUT2D eigenvalue weighted by Gasteiger charge is -2.28. The number of aromatic amines is 1. The van der Waals surface area contributed by atoms with E-state index in [1.807, 2.05) is 30.5 Å². The maximum absolute atomic E-state index is 13.5. The smallest absolute Gasteiger partial charge is 0.251 e. The Labute approximate surface area is 202 Å². The molecule has 0 radical (unpaired) electrons. The summed E-state index contributed by atoms with van der Waals surface area (Å²) in [6, 6.07) is 19.3. The normalized spacial score (nSPS) is 12.9. The molecule has 2 heterocycles. The Hall–Kier alpha value is -4.46. The highest BCUT2D eigenvalue weighted by Crippen LogP contribution is 2.35. The van der Waals surface area contributed by atoms with E-state index in [0.29, 0.717) is 28.5 Å². The Morgan fingerprint density at radius 2 is 1.83 bits per heavy atom. The molecule has 1 atom stereocenters. The highest BCUT2D eigenvalue weighted by Gasteiger charge is 2.29. The number of methoxy groups -OCH3 is 1. The number of carbonyl (C=O) groups excluding carboxylic acids is 2. The van der Waals surface area contributed by atoms with Crippen molar-refractivity contribution in [1.82, 2.24) is 9.88 Å².